The Morgan fingerprint density at radius 1 is 1.30 bits per heavy atom. The van der Waals surface area contributed by atoms with Gasteiger partial charge in [-0.2, -0.15) is 0 Å². The van der Waals surface area contributed by atoms with E-state index in [0.717, 1.165) is 5.56 Å². The van der Waals surface area contributed by atoms with Gasteiger partial charge in [0.15, 0.2) is 0 Å². The van der Waals surface area contributed by atoms with Crippen LogP contribution in [0.4, 0.5) is 5.69 Å². The summed E-state index contributed by atoms with van der Waals surface area (Å²) in [6.45, 7) is 0.0482. The van der Waals surface area contributed by atoms with Crippen LogP contribution in [0.1, 0.15) is 22.3 Å². The maximum atomic E-state index is 11.9. The normalized spacial score (nSPS) is 9.70. The molecule has 2 rings (SSSR count). The quantitative estimate of drug-likeness (QED) is 0.854. The van der Waals surface area contributed by atoms with Crippen LogP contribution in [0.15, 0.2) is 41.0 Å². The zero-order chi connectivity index (χ0) is 14.4. The van der Waals surface area contributed by atoms with Crippen molar-refractivity contribution in [3.05, 3.63) is 52.9 Å². The molecule has 102 valence electrons. The molecule has 0 saturated carbocycles. The number of hydrogen-bond donors (Lipinski definition) is 2. The predicted octanol–water partition coefficient (Wildman–Crippen LogP) is 2.92. The van der Waals surface area contributed by atoms with Crippen LogP contribution in [0.5, 0.6) is 0 Å². The first kappa shape index (κ1) is 14.2. The summed E-state index contributed by atoms with van der Waals surface area (Å²) < 4.78 is 4.86. The Bertz CT molecular complexity index is 650. The van der Waals surface area contributed by atoms with Crippen LogP contribution < -0.4 is 5.32 Å². The summed E-state index contributed by atoms with van der Waals surface area (Å²) in [5.74, 6) is 5.40. The van der Waals surface area contributed by atoms with Crippen LogP contribution in [0.3, 0.4) is 0 Å². The van der Waals surface area contributed by atoms with E-state index in [4.69, 9.17) is 21.1 Å². The van der Waals surface area contributed by atoms with E-state index in [1.54, 1.807) is 24.3 Å². The molecule has 1 aromatic carbocycles. The molecule has 2 aromatic rings. The van der Waals surface area contributed by atoms with Crippen molar-refractivity contribution in [3.8, 4) is 11.8 Å². The molecule has 0 aliphatic heterocycles. The fourth-order valence-electron chi connectivity index (χ4n) is 1.51. The lowest BCUT2D eigenvalue weighted by atomic mass is 10.2. The number of halogens is 1. The number of anilines is 1. The van der Waals surface area contributed by atoms with Crippen LogP contribution in [0.25, 0.3) is 0 Å². The van der Waals surface area contributed by atoms with Gasteiger partial charge in [0.2, 0.25) is 5.22 Å². The fourth-order valence-corrected chi connectivity index (χ4v) is 1.71. The molecule has 0 bridgehead atoms. The number of carbonyl (C=O) groups is 1. The molecule has 4 nitrogen and oxygen atoms in total. The molecule has 1 heterocycles. The van der Waals surface area contributed by atoms with Crippen molar-refractivity contribution in [2.75, 3.05) is 11.9 Å². The lowest BCUT2D eigenvalue weighted by molar-refractivity contribution is 0.102. The average Bonchev–Trinajstić information content (AvgIpc) is 2.87. The Balaban J connectivity index is 2.03. The summed E-state index contributed by atoms with van der Waals surface area (Å²) in [6.07, 6.45) is 1.80. The molecule has 0 atom stereocenters. The molecule has 0 aliphatic carbocycles. The Hall–Kier alpha value is -2.22. The minimum atomic E-state index is -0.331. The molecule has 0 spiro atoms. The molecule has 2 N–H and O–H groups in total. The van der Waals surface area contributed by atoms with Gasteiger partial charge in [-0.1, -0.05) is 11.8 Å². The number of aliphatic hydroxyl groups is 1. The minimum absolute atomic E-state index is 0.0482. The van der Waals surface area contributed by atoms with Crippen molar-refractivity contribution in [2.45, 2.75) is 6.42 Å². The third kappa shape index (κ3) is 3.64. The highest BCUT2D eigenvalue weighted by molar-refractivity contribution is 6.32. The Morgan fingerprint density at radius 3 is 2.65 bits per heavy atom. The topological polar surface area (TPSA) is 62.5 Å². The van der Waals surface area contributed by atoms with Gasteiger partial charge in [-0.25, -0.2) is 0 Å². The average molecular weight is 290 g/mol. The number of nitrogens with one attached hydrogen (secondary N) is 1. The fraction of sp³-hybridized carbons (Fsp3) is 0.133. The van der Waals surface area contributed by atoms with Gasteiger partial charge < -0.3 is 14.8 Å². The molecule has 1 amide bonds. The van der Waals surface area contributed by atoms with E-state index in [1.807, 2.05) is 0 Å². The monoisotopic (exact) mass is 289 g/mol. The third-order valence-corrected chi connectivity index (χ3v) is 2.77. The maximum absolute atomic E-state index is 11.9. The molecule has 20 heavy (non-hydrogen) atoms. The van der Waals surface area contributed by atoms with Crippen molar-refractivity contribution in [3.63, 3.8) is 0 Å². The van der Waals surface area contributed by atoms with Crippen molar-refractivity contribution in [1.29, 1.82) is 0 Å². The summed E-state index contributed by atoms with van der Waals surface area (Å²) in [4.78, 5) is 11.9. The Labute approximate surface area is 121 Å². The Kier molecular flexibility index (Phi) is 4.83. The van der Waals surface area contributed by atoms with Gasteiger partial charge in [-0.3, -0.25) is 4.79 Å². The van der Waals surface area contributed by atoms with Crippen LogP contribution in [-0.2, 0) is 0 Å². The van der Waals surface area contributed by atoms with E-state index in [9.17, 15) is 4.79 Å². The predicted molar refractivity (Wildman–Crippen MR) is 76.7 cm³/mol. The second-order valence-corrected chi connectivity index (χ2v) is 4.26. The van der Waals surface area contributed by atoms with E-state index in [2.05, 4.69) is 17.2 Å². The van der Waals surface area contributed by atoms with Crippen molar-refractivity contribution >= 4 is 23.2 Å². The highest BCUT2D eigenvalue weighted by Crippen LogP contribution is 2.18. The number of amides is 1. The summed E-state index contributed by atoms with van der Waals surface area (Å²) in [5.41, 5.74) is 1.75. The molecule has 0 unspecified atom stereocenters. The number of aliphatic hydroxyl groups excluding tert-OH is 1. The Morgan fingerprint density at radius 2 is 2.05 bits per heavy atom. The summed E-state index contributed by atoms with van der Waals surface area (Å²) in [7, 11) is 0. The maximum Gasteiger partial charge on any atom is 0.260 e. The number of furan rings is 1. The van der Waals surface area contributed by atoms with E-state index in [-0.39, 0.29) is 17.7 Å². The van der Waals surface area contributed by atoms with E-state index in [1.165, 1.54) is 12.3 Å². The standard InChI is InChI=1S/C15H12ClNO3/c16-14-13(8-10-20-14)15(19)17-12-6-4-11(5-7-12)3-1-2-9-18/h4-8,10,18H,2,9H2,(H,17,19). The van der Waals surface area contributed by atoms with Crippen molar-refractivity contribution in [1.82, 2.24) is 0 Å². The first-order valence-electron chi connectivity index (χ1n) is 5.95. The van der Waals surface area contributed by atoms with Gasteiger partial charge in [0, 0.05) is 17.7 Å². The zero-order valence-corrected chi connectivity index (χ0v) is 11.3. The van der Waals surface area contributed by atoms with Gasteiger partial charge >= 0.3 is 0 Å². The van der Waals surface area contributed by atoms with E-state index in [0.29, 0.717) is 17.7 Å². The zero-order valence-electron chi connectivity index (χ0n) is 10.5. The summed E-state index contributed by atoms with van der Waals surface area (Å²) in [5, 5.41) is 11.4. The van der Waals surface area contributed by atoms with Crippen LogP contribution in [0, 0.1) is 11.8 Å². The van der Waals surface area contributed by atoms with Gasteiger partial charge in [0.1, 0.15) is 0 Å². The minimum Gasteiger partial charge on any atom is -0.452 e. The van der Waals surface area contributed by atoms with Crippen LogP contribution in [0.2, 0.25) is 5.22 Å². The van der Waals surface area contributed by atoms with Crippen molar-refractivity contribution < 1.29 is 14.3 Å². The third-order valence-electron chi connectivity index (χ3n) is 2.47. The number of rotatable bonds is 3. The lowest BCUT2D eigenvalue weighted by Crippen LogP contribution is -2.11. The molecular formula is C15H12ClNO3. The first-order valence-corrected chi connectivity index (χ1v) is 6.32. The highest BCUT2D eigenvalue weighted by Gasteiger charge is 2.12. The van der Waals surface area contributed by atoms with E-state index < -0.39 is 0 Å². The SMILES string of the molecule is O=C(Nc1ccc(C#CCCO)cc1)c1ccoc1Cl. The van der Waals surface area contributed by atoms with Crippen molar-refractivity contribution in [2.24, 2.45) is 0 Å². The second-order valence-electron chi connectivity index (χ2n) is 3.91. The number of benzene rings is 1. The van der Waals surface area contributed by atoms with Crippen LogP contribution >= 0.6 is 11.6 Å². The highest BCUT2D eigenvalue weighted by atomic mass is 35.5. The largest absolute Gasteiger partial charge is 0.452 e. The molecule has 0 saturated heterocycles. The lowest BCUT2D eigenvalue weighted by Gasteiger charge is -2.03. The molecule has 0 fully saturated rings. The van der Waals surface area contributed by atoms with Gasteiger partial charge in [0.25, 0.3) is 5.91 Å². The van der Waals surface area contributed by atoms with Gasteiger partial charge in [0.05, 0.1) is 18.4 Å². The molecule has 0 aliphatic rings. The van der Waals surface area contributed by atoms with Crippen LogP contribution in [-0.4, -0.2) is 17.6 Å². The number of carbonyl (C=O) groups excluding carboxylic acids is 1. The summed E-state index contributed by atoms with van der Waals surface area (Å²) >= 11 is 5.73. The molecule has 5 heteroatoms. The molecular weight excluding hydrogens is 278 g/mol. The van der Waals surface area contributed by atoms with Gasteiger partial charge in [-0.05, 0) is 41.9 Å². The molecule has 1 aromatic heterocycles. The summed E-state index contributed by atoms with van der Waals surface area (Å²) in [6, 6.07) is 8.57. The smallest absolute Gasteiger partial charge is 0.260 e. The first-order chi connectivity index (χ1) is 9.70. The second kappa shape index (κ2) is 6.80. The van der Waals surface area contributed by atoms with E-state index >= 15 is 0 Å². The van der Waals surface area contributed by atoms with Gasteiger partial charge in [-0.15, -0.1) is 0 Å². The molecule has 0 radical (unpaired) electrons. The number of hydrogen-bond acceptors (Lipinski definition) is 3.